The second-order valence-electron chi connectivity index (χ2n) is 0.815. The van der Waals surface area contributed by atoms with Crippen LogP contribution in [0.1, 0.15) is 0 Å². The van der Waals surface area contributed by atoms with Gasteiger partial charge in [0.15, 0.2) is 0 Å². The summed E-state index contributed by atoms with van der Waals surface area (Å²) in [7, 11) is 0. The van der Waals surface area contributed by atoms with Crippen molar-refractivity contribution in [2.24, 2.45) is 5.73 Å². The van der Waals surface area contributed by atoms with Crippen molar-refractivity contribution in [2.45, 2.75) is 0 Å². The van der Waals surface area contributed by atoms with Gasteiger partial charge in [0.25, 0.3) is 0 Å². The predicted molar refractivity (Wildman–Crippen MR) is 20.5 cm³/mol. The first-order valence-corrected chi connectivity index (χ1v) is 1.41. The monoisotopic (exact) mass is 106 g/mol. The molecule has 6 nitrogen and oxygen atoms in total. The van der Waals surface area contributed by atoms with E-state index in [2.05, 4.69) is 5.73 Å². The van der Waals surface area contributed by atoms with Gasteiger partial charge >= 0.3 is 0 Å². The molecule has 0 aliphatic heterocycles. The Balaban J connectivity index is 3.13. The third-order valence-electron chi connectivity index (χ3n) is 0.220. The lowest BCUT2D eigenvalue weighted by molar-refractivity contribution is -0.329. The first-order valence-electron chi connectivity index (χ1n) is 1.41. The number of hydrogen-bond donors (Lipinski definition) is 5. The van der Waals surface area contributed by atoms with Crippen LogP contribution in [-0.2, 0) is 0 Å². The summed E-state index contributed by atoms with van der Waals surface area (Å²) in [5.41, 5.74) is 6.22. The Labute approximate surface area is 39.5 Å². The van der Waals surface area contributed by atoms with Gasteiger partial charge in [-0.2, -0.15) is 0 Å². The highest BCUT2D eigenvalue weighted by molar-refractivity contribution is 5.73. The summed E-state index contributed by atoms with van der Waals surface area (Å²) >= 11 is 0. The molecule has 0 aromatic heterocycles. The highest BCUT2D eigenvalue weighted by Crippen LogP contribution is 1.54. The van der Waals surface area contributed by atoms with Gasteiger partial charge in [0.1, 0.15) is 0 Å². The molecule has 0 aliphatic rings. The summed E-state index contributed by atoms with van der Waals surface area (Å²) in [5, 5.41) is 21.5. The van der Waals surface area contributed by atoms with Crippen LogP contribution >= 0.6 is 0 Å². The molecule has 7 heavy (non-hydrogen) atoms. The van der Waals surface area contributed by atoms with Gasteiger partial charge in [0.05, 0.1) is 0 Å². The highest BCUT2D eigenvalue weighted by atomic mass is 16.8. The van der Waals surface area contributed by atoms with Crippen molar-refractivity contribution < 1.29 is 10.4 Å². The maximum atomic E-state index is 7.78. The van der Waals surface area contributed by atoms with Crippen molar-refractivity contribution in [3.8, 4) is 0 Å². The average Bonchev–Trinajstić information content (AvgIpc) is 1.27. The average molecular weight is 106 g/mol. The number of nitrogens with two attached hydrogens (primary N) is 1. The lowest BCUT2D eigenvalue weighted by atomic mass is 11.1. The molecule has 0 saturated heterocycles. The molecule has 6 heteroatoms. The van der Waals surface area contributed by atoms with Crippen LogP contribution in [0.15, 0.2) is 0 Å². The van der Waals surface area contributed by atoms with Gasteiger partial charge < -0.3 is 5.73 Å². The fourth-order valence-electron chi connectivity index (χ4n) is 0.108. The number of rotatable bonds is 1. The zero-order valence-electron chi connectivity index (χ0n) is 3.42. The zero-order valence-corrected chi connectivity index (χ0v) is 3.42. The molecular formula is CH6N4O2. The van der Waals surface area contributed by atoms with E-state index in [-0.39, 0.29) is 0 Å². The molecule has 0 bridgehead atoms. The molecule has 0 spiro atoms. The van der Waals surface area contributed by atoms with Crippen molar-refractivity contribution in [2.75, 3.05) is 0 Å². The normalized spacial score (nSPS) is 9.00. The topological polar surface area (TPSA) is 106 Å². The van der Waals surface area contributed by atoms with Crippen LogP contribution in [0, 0.1) is 5.41 Å². The summed E-state index contributed by atoms with van der Waals surface area (Å²) in [5.74, 6) is -0.537. The first kappa shape index (κ1) is 6.15. The van der Waals surface area contributed by atoms with Gasteiger partial charge in [-0.3, -0.25) is 15.8 Å². The number of nitrogens with one attached hydrogen (secondary N) is 2. The van der Waals surface area contributed by atoms with E-state index in [4.69, 9.17) is 15.8 Å². The minimum Gasteiger partial charge on any atom is -0.369 e. The third-order valence-corrected chi connectivity index (χ3v) is 0.220. The van der Waals surface area contributed by atoms with Crippen LogP contribution in [0.2, 0.25) is 0 Å². The largest absolute Gasteiger partial charge is 0.369 e. The lowest BCUT2D eigenvalue weighted by Gasteiger charge is -2.04. The standard InChI is InChI=1S/CH6N4O2/c2-1(3)4-5(6)7/h6-7H,(H4,2,3,4). The van der Waals surface area contributed by atoms with Crippen molar-refractivity contribution in [1.82, 2.24) is 10.8 Å². The Kier molecular flexibility index (Phi) is 2.06. The summed E-state index contributed by atoms with van der Waals surface area (Å²) in [6, 6.07) is 0. The van der Waals surface area contributed by atoms with Gasteiger partial charge in [-0.1, -0.05) is 0 Å². The molecule has 0 radical (unpaired) electrons. The van der Waals surface area contributed by atoms with E-state index in [9.17, 15) is 0 Å². The molecule has 0 amide bonds. The SMILES string of the molecule is N=C(N)NN(O)O. The van der Waals surface area contributed by atoms with Crippen molar-refractivity contribution in [3.05, 3.63) is 0 Å². The second kappa shape index (κ2) is 2.35. The van der Waals surface area contributed by atoms with E-state index in [0.29, 0.717) is 0 Å². The Morgan fingerprint density at radius 2 is 2.14 bits per heavy atom. The molecule has 0 aromatic rings. The molecular weight excluding hydrogens is 100 g/mol. The summed E-state index contributed by atoms with van der Waals surface area (Å²) in [6.45, 7) is 0. The molecule has 6 N–H and O–H groups in total. The number of hydrazine groups is 1. The number of guanidine groups is 1. The Morgan fingerprint density at radius 1 is 1.71 bits per heavy atom. The molecule has 0 fully saturated rings. The van der Waals surface area contributed by atoms with Crippen molar-refractivity contribution in [3.63, 3.8) is 0 Å². The lowest BCUT2D eigenvalue weighted by Crippen LogP contribution is -2.41. The molecule has 42 valence electrons. The van der Waals surface area contributed by atoms with Crippen molar-refractivity contribution in [1.29, 1.82) is 5.41 Å². The van der Waals surface area contributed by atoms with E-state index >= 15 is 0 Å². The predicted octanol–water partition coefficient (Wildman–Crippen LogP) is -1.54. The van der Waals surface area contributed by atoms with E-state index in [1.54, 1.807) is 5.43 Å². The maximum absolute atomic E-state index is 7.78. The van der Waals surface area contributed by atoms with Crippen LogP contribution in [0.25, 0.3) is 0 Å². The van der Waals surface area contributed by atoms with Crippen LogP contribution in [0.4, 0.5) is 0 Å². The molecule has 0 atom stereocenters. The fraction of sp³-hybridized carbons (Fsp3) is 0. The zero-order chi connectivity index (χ0) is 5.86. The van der Waals surface area contributed by atoms with Crippen molar-refractivity contribution >= 4 is 5.96 Å². The number of nitrogens with zero attached hydrogens (tertiary/aromatic N) is 1. The van der Waals surface area contributed by atoms with Gasteiger partial charge in [0.2, 0.25) is 5.96 Å². The van der Waals surface area contributed by atoms with Gasteiger partial charge in [0, 0.05) is 5.34 Å². The summed E-state index contributed by atoms with van der Waals surface area (Å²) in [6.07, 6.45) is 0. The molecule has 0 heterocycles. The van der Waals surface area contributed by atoms with Crippen LogP contribution in [-0.4, -0.2) is 21.7 Å². The van der Waals surface area contributed by atoms with E-state index in [1.165, 1.54) is 0 Å². The Morgan fingerprint density at radius 3 is 2.14 bits per heavy atom. The smallest absolute Gasteiger partial charge is 0.204 e. The minimum atomic E-state index is -0.537. The fourth-order valence-corrected chi connectivity index (χ4v) is 0.108. The molecule has 0 aliphatic carbocycles. The van der Waals surface area contributed by atoms with Crippen LogP contribution in [0.5, 0.6) is 0 Å². The number of hydrogen-bond acceptors (Lipinski definition) is 4. The van der Waals surface area contributed by atoms with Gasteiger partial charge in [-0.25, -0.2) is 5.43 Å². The molecule has 0 rings (SSSR count). The minimum absolute atomic E-state index is 0.400. The van der Waals surface area contributed by atoms with E-state index in [0.717, 1.165) is 0 Å². The van der Waals surface area contributed by atoms with E-state index < -0.39 is 11.3 Å². The maximum Gasteiger partial charge on any atom is 0.204 e. The quantitative estimate of drug-likeness (QED) is 0.158. The molecule has 0 unspecified atom stereocenters. The molecule has 0 saturated carbocycles. The highest BCUT2D eigenvalue weighted by Gasteiger charge is 1.88. The molecule has 0 aromatic carbocycles. The summed E-state index contributed by atoms with van der Waals surface area (Å²) < 4.78 is 0. The Hall–Kier alpha value is -0.850. The van der Waals surface area contributed by atoms with Crippen LogP contribution in [0.3, 0.4) is 0 Å². The van der Waals surface area contributed by atoms with Gasteiger partial charge in [-0.05, 0) is 0 Å². The second-order valence-corrected chi connectivity index (χ2v) is 0.815. The van der Waals surface area contributed by atoms with Crippen LogP contribution < -0.4 is 11.2 Å². The van der Waals surface area contributed by atoms with E-state index in [1.807, 2.05) is 0 Å². The third kappa shape index (κ3) is 5.15. The Bertz CT molecular complexity index is 70.1. The van der Waals surface area contributed by atoms with Gasteiger partial charge in [-0.15, -0.1) is 0 Å². The first-order chi connectivity index (χ1) is 3.13. The summed E-state index contributed by atoms with van der Waals surface area (Å²) in [4.78, 5) is 0.